The lowest BCUT2D eigenvalue weighted by Crippen LogP contribution is -2.24. The Labute approximate surface area is 129 Å². The Hall–Kier alpha value is -2.62. The summed E-state index contributed by atoms with van der Waals surface area (Å²) in [6.45, 7) is 0.457. The van der Waals surface area contributed by atoms with E-state index < -0.39 is 0 Å². The van der Waals surface area contributed by atoms with Crippen molar-refractivity contribution in [1.29, 1.82) is 0 Å². The lowest BCUT2D eigenvalue weighted by Gasteiger charge is -2.06. The molecule has 1 aromatic heterocycles. The number of benzene rings is 2. The number of hydrogen-bond donors (Lipinski definition) is 1. The topological polar surface area (TPSA) is 46.9 Å². The molecule has 0 fully saturated rings. The van der Waals surface area contributed by atoms with E-state index in [0.717, 1.165) is 23.3 Å². The molecular formula is C18H19N3O. The van der Waals surface area contributed by atoms with Crippen LogP contribution in [0.2, 0.25) is 0 Å². The maximum absolute atomic E-state index is 12.0. The van der Waals surface area contributed by atoms with Crippen molar-refractivity contribution in [1.82, 2.24) is 14.9 Å². The molecule has 112 valence electrons. The summed E-state index contributed by atoms with van der Waals surface area (Å²) in [5, 5.41) is 2.95. The minimum atomic E-state index is 0.0518. The molecule has 0 saturated carbocycles. The van der Waals surface area contributed by atoms with Gasteiger partial charge in [0.1, 0.15) is 5.82 Å². The van der Waals surface area contributed by atoms with Gasteiger partial charge in [0.25, 0.3) is 0 Å². The molecule has 0 saturated heterocycles. The summed E-state index contributed by atoms with van der Waals surface area (Å²) >= 11 is 0. The second-order valence-electron chi connectivity index (χ2n) is 5.34. The van der Waals surface area contributed by atoms with Gasteiger partial charge in [-0.2, -0.15) is 0 Å². The highest BCUT2D eigenvalue weighted by atomic mass is 16.1. The molecule has 0 aliphatic rings. The van der Waals surface area contributed by atoms with E-state index in [9.17, 15) is 4.79 Å². The van der Waals surface area contributed by atoms with E-state index >= 15 is 0 Å². The number of hydrogen-bond acceptors (Lipinski definition) is 2. The zero-order chi connectivity index (χ0) is 15.4. The number of imidazole rings is 1. The number of nitrogens with zero attached hydrogens (tertiary/aromatic N) is 2. The number of carbonyl (C=O) groups excluding carboxylic acids is 1. The first-order chi connectivity index (χ1) is 10.7. The standard InChI is InChI=1S/C18H19N3O/c1-21-16-10-6-5-9-15(16)20-17(21)13-19-18(22)12-11-14-7-3-2-4-8-14/h2-10H,11-13H2,1H3,(H,19,22). The van der Waals surface area contributed by atoms with Crippen molar-refractivity contribution in [2.75, 3.05) is 0 Å². The smallest absolute Gasteiger partial charge is 0.220 e. The Morgan fingerprint density at radius 2 is 1.82 bits per heavy atom. The molecule has 1 N–H and O–H groups in total. The zero-order valence-electron chi connectivity index (χ0n) is 12.6. The molecule has 1 heterocycles. The van der Waals surface area contributed by atoms with Crippen LogP contribution >= 0.6 is 0 Å². The monoisotopic (exact) mass is 293 g/mol. The average molecular weight is 293 g/mol. The van der Waals surface area contributed by atoms with Crippen molar-refractivity contribution in [2.45, 2.75) is 19.4 Å². The van der Waals surface area contributed by atoms with Crippen molar-refractivity contribution in [3.8, 4) is 0 Å². The largest absolute Gasteiger partial charge is 0.349 e. The highest BCUT2D eigenvalue weighted by Crippen LogP contribution is 2.14. The molecule has 0 bridgehead atoms. The molecule has 3 aromatic rings. The van der Waals surface area contributed by atoms with Crippen molar-refractivity contribution >= 4 is 16.9 Å². The second-order valence-corrected chi connectivity index (χ2v) is 5.34. The molecular weight excluding hydrogens is 274 g/mol. The molecule has 2 aromatic carbocycles. The van der Waals surface area contributed by atoms with Gasteiger partial charge in [-0.05, 0) is 24.1 Å². The summed E-state index contributed by atoms with van der Waals surface area (Å²) in [4.78, 5) is 16.5. The molecule has 4 heteroatoms. The summed E-state index contributed by atoms with van der Waals surface area (Å²) in [6.07, 6.45) is 1.25. The average Bonchev–Trinajstić information content (AvgIpc) is 2.88. The molecule has 0 unspecified atom stereocenters. The fourth-order valence-corrected chi connectivity index (χ4v) is 2.52. The first-order valence-electron chi connectivity index (χ1n) is 7.45. The van der Waals surface area contributed by atoms with Crippen LogP contribution in [-0.2, 0) is 24.8 Å². The number of nitrogens with one attached hydrogen (secondary N) is 1. The van der Waals surface area contributed by atoms with Crippen molar-refractivity contribution < 1.29 is 4.79 Å². The minimum Gasteiger partial charge on any atom is -0.349 e. The molecule has 0 aliphatic carbocycles. The van der Waals surface area contributed by atoms with E-state index in [1.165, 1.54) is 5.56 Å². The van der Waals surface area contributed by atoms with Crippen molar-refractivity contribution in [3.05, 3.63) is 66.0 Å². The number of fused-ring (bicyclic) bond motifs is 1. The van der Waals surface area contributed by atoms with Crippen LogP contribution in [0.25, 0.3) is 11.0 Å². The van der Waals surface area contributed by atoms with Gasteiger partial charge in [-0.3, -0.25) is 4.79 Å². The summed E-state index contributed by atoms with van der Waals surface area (Å²) < 4.78 is 2.02. The third kappa shape index (κ3) is 3.17. The Balaban J connectivity index is 1.57. The molecule has 3 rings (SSSR count). The molecule has 1 amide bonds. The molecule has 0 radical (unpaired) electrons. The van der Waals surface area contributed by atoms with E-state index in [2.05, 4.69) is 10.3 Å². The summed E-state index contributed by atoms with van der Waals surface area (Å²) in [6, 6.07) is 18.0. The van der Waals surface area contributed by atoms with E-state index in [-0.39, 0.29) is 5.91 Å². The van der Waals surface area contributed by atoms with Crippen LogP contribution in [-0.4, -0.2) is 15.5 Å². The molecule has 0 atom stereocenters. The normalized spacial score (nSPS) is 10.8. The predicted molar refractivity (Wildman–Crippen MR) is 87.3 cm³/mol. The highest BCUT2D eigenvalue weighted by molar-refractivity contribution is 5.77. The second kappa shape index (κ2) is 6.43. The Morgan fingerprint density at radius 1 is 1.09 bits per heavy atom. The van der Waals surface area contributed by atoms with Crippen LogP contribution in [0.5, 0.6) is 0 Å². The van der Waals surface area contributed by atoms with Gasteiger partial charge in [0.2, 0.25) is 5.91 Å². The van der Waals surface area contributed by atoms with E-state index in [1.54, 1.807) is 0 Å². The Bertz CT molecular complexity index is 777. The third-order valence-electron chi connectivity index (χ3n) is 3.81. The van der Waals surface area contributed by atoms with Gasteiger partial charge in [0, 0.05) is 13.5 Å². The quantitative estimate of drug-likeness (QED) is 0.786. The Kier molecular flexibility index (Phi) is 4.19. The number of para-hydroxylation sites is 2. The van der Waals surface area contributed by atoms with Crippen molar-refractivity contribution in [2.24, 2.45) is 7.05 Å². The van der Waals surface area contributed by atoms with E-state index in [1.807, 2.05) is 66.2 Å². The maximum Gasteiger partial charge on any atom is 0.220 e. The van der Waals surface area contributed by atoms with Gasteiger partial charge in [0.15, 0.2) is 0 Å². The van der Waals surface area contributed by atoms with Crippen LogP contribution in [0.15, 0.2) is 54.6 Å². The molecule has 0 spiro atoms. The fourth-order valence-electron chi connectivity index (χ4n) is 2.52. The highest BCUT2D eigenvalue weighted by Gasteiger charge is 2.08. The maximum atomic E-state index is 12.0. The fraction of sp³-hybridized carbons (Fsp3) is 0.222. The van der Waals surface area contributed by atoms with E-state index in [4.69, 9.17) is 0 Å². The van der Waals surface area contributed by atoms with Gasteiger partial charge in [0.05, 0.1) is 17.6 Å². The van der Waals surface area contributed by atoms with E-state index in [0.29, 0.717) is 13.0 Å². The first kappa shape index (κ1) is 14.3. The van der Waals surface area contributed by atoms with Crippen LogP contribution < -0.4 is 5.32 Å². The molecule has 22 heavy (non-hydrogen) atoms. The number of aromatic nitrogens is 2. The summed E-state index contributed by atoms with van der Waals surface area (Å²) in [7, 11) is 1.97. The van der Waals surface area contributed by atoms with Crippen LogP contribution in [0, 0.1) is 0 Å². The summed E-state index contributed by atoms with van der Waals surface area (Å²) in [5.74, 6) is 0.921. The molecule has 0 aliphatic heterocycles. The third-order valence-corrected chi connectivity index (χ3v) is 3.81. The lowest BCUT2D eigenvalue weighted by atomic mass is 10.1. The first-order valence-corrected chi connectivity index (χ1v) is 7.45. The number of carbonyl (C=O) groups is 1. The number of aryl methyl sites for hydroxylation is 2. The van der Waals surface area contributed by atoms with Crippen LogP contribution in [0.3, 0.4) is 0 Å². The van der Waals surface area contributed by atoms with Gasteiger partial charge in [-0.1, -0.05) is 42.5 Å². The minimum absolute atomic E-state index is 0.0518. The van der Waals surface area contributed by atoms with Gasteiger partial charge in [-0.25, -0.2) is 4.98 Å². The number of amides is 1. The molecule has 4 nitrogen and oxygen atoms in total. The van der Waals surface area contributed by atoms with Crippen molar-refractivity contribution in [3.63, 3.8) is 0 Å². The summed E-state index contributed by atoms with van der Waals surface area (Å²) in [5.41, 5.74) is 3.22. The van der Waals surface area contributed by atoms with Crippen LogP contribution in [0.4, 0.5) is 0 Å². The van der Waals surface area contributed by atoms with Gasteiger partial charge in [-0.15, -0.1) is 0 Å². The Morgan fingerprint density at radius 3 is 2.59 bits per heavy atom. The predicted octanol–water partition coefficient (Wildman–Crippen LogP) is 2.82. The lowest BCUT2D eigenvalue weighted by molar-refractivity contribution is -0.121. The van der Waals surface area contributed by atoms with Gasteiger partial charge >= 0.3 is 0 Å². The van der Waals surface area contributed by atoms with Gasteiger partial charge < -0.3 is 9.88 Å². The van der Waals surface area contributed by atoms with Crippen LogP contribution in [0.1, 0.15) is 17.8 Å². The number of rotatable bonds is 5. The SMILES string of the molecule is Cn1c(CNC(=O)CCc2ccccc2)nc2ccccc21. The zero-order valence-corrected chi connectivity index (χ0v) is 12.6.